The van der Waals surface area contributed by atoms with Crippen molar-refractivity contribution in [2.75, 3.05) is 26.2 Å². The van der Waals surface area contributed by atoms with Crippen molar-refractivity contribution in [3.8, 4) is 6.07 Å². The number of nitriles is 1. The van der Waals surface area contributed by atoms with E-state index >= 15 is 0 Å². The van der Waals surface area contributed by atoms with Gasteiger partial charge >= 0.3 is 0 Å². The topological polar surface area (TPSA) is 73.1 Å². The van der Waals surface area contributed by atoms with Crippen LogP contribution in [0.5, 0.6) is 0 Å². The Morgan fingerprint density at radius 2 is 1.92 bits per heavy atom. The van der Waals surface area contributed by atoms with Gasteiger partial charge in [-0.15, -0.1) is 0 Å². The molecule has 0 atom stereocenters. The van der Waals surface area contributed by atoms with Crippen LogP contribution in [0.15, 0.2) is 36.7 Å². The Morgan fingerprint density at radius 3 is 2.60 bits per heavy atom. The number of rotatable bonds is 3. The van der Waals surface area contributed by atoms with E-state index in [2.05, 4.69) is 20.9 Å². The highest BCUT2D eigenvalue weighted by atomic mass is 16.2. The summed E-state index contributed by atoms with van der Waals surface area (Å²) < 4.78 is 0. The number of aryl methyl sites for hydroxylation is 1. The normalized spacial score (nSPS) is 15.4. The Kier molecular flexibility index (Phi) is 5.36. The van der Waals surface area contributed by atoms with Crippen molar-refractivity contribution in [1.82, 2.24) is 19.8 Å². The van der Waals surface area contributed by atoms with E-state index < -0.39 is 0 Å². The van der Waals surface area contributed by atoms with Crippen LogP contribution in [0.3, 0.4) is 0 Å². The fraction of sp³-hybridized carbons (Fsp3) is 0.368. The number of carbonyl (C=O) groups excluding carboxylic acids is 1. The zero-order valence-corrected chi connectivity index (χ0v) is 14.4. The molecule has 1 fully saturated rings. The van der Waals surface area contributed by atoms with Gasteiger partial charge in [0.15, 0.2) is 0 Å². The van der Waals surface area contributed by atoms with Crippen molar-refractivity contribution in [2.45, 2.75) is 19.9 Å². The maximum atomic E-state index is 12.6. The zero-order chi connectivity index (χ0) is 17.6. The maximum Gasteiger partial charge on any atom is 0.274 e. The number of nitrogens with zero attached hydrogens (tertiary/aromatic N) is 5. The summed E-state index contributed by atoms with van der Waals surface area (Å²) in [5, 5.41) is 8.87. The molecular formula is C19H21N5O. The lowest BCUT2D eigenvalue weighted by Crippen LogP contribution is -2.35. The first-order valence-electron chi connectivity index (χ1n) is 8.45. The van der Waals surface area contributed by atoms with Crippen molar-refractivity contribution in [2.24, 2.45) is 0 Å². The fourth-order valence-corrected chi connectivity index (χ4v) is 2.94. The van der Waals surface area contributed by atoms with Gasteiger partial charge in [-0.25, -0.2) is 4.98 Å². The van der Waals surface area contributed by atoms with Gasteiger partial charge in [0.1, 0.15) is 5.69 Å². The Bertz CT molecular complexity index is 764. The molecule has 1 aromatic heterocycles. The molecule has 0 unspecified atom stereocenters. The molecule has 1 amide bonds. The Balaban J connectivity index is 1.59. The van der Waals surface area contributed by atoms with Crippen LogP contribution in [0, 0.1) is 18.3 Å². The molecule has 6 nitrogen and oxygen atoms in total. The van der Waals surface area contributed by atoms with E-state index in [1.54, 1.807) is 12.4 Å². The van der Waals surface area contributed by atoms with Crippen LogP contribution in [0.1, 0.15) is 33.7 Å². The number of carbonyl (C=O) groups is 1. The third kappa shape index (κ3) is 4.40. The van der Waals surface area contributed by atoms with Gasteiger partial charge in [0.25, 0.3) is 5.91 Å². The van der Waals surface area contributed by atoms with Gasteiger partial charge in [-0.1, -0.05) is 12.1 Å². The van der Waals surface area contributed by atoms with E-state index in [-0.39, 0.29) is 5.91 Å². The molecule has 0 N–H and O–H groups in total. The minimum Gasteiger partial charge on any atom is -0.336 e. The predicted octanol–water partition coefficient (Wildman–Crippen LogP) is 2.00. The first-order chi connectivity index (χ1) is 12.2. The highest BCUT2D eigenvalue weighted by Gasteiger charge is 2.21. The number of aromatic nitrogens is 2. The number of hydrogen-bond donors (Lipinski definition) is 0. The van der Waals surface area contributed by atoms with Crippen molar-refractivity contribution in [3.63, 3.8) is 0 Å². The second kappa shape index (κ2) is 7.86. The quantitative estimate of drug-likeness (QED) is 0.858. The molecule has 2 heterocycles. The van der Waals surface area contributed by atoms with E-state index in [1.807, 2.05) is 36.1 Å². The van der Waals surface area contributed by atoms with Crippen LogP contribution in [-0.4, -0.2) is 51.9 Å². The van der Waals surface area contributed by atoms with Gasteiger partial charge in [-0.2, -0.15) is 5.26 Å². The molecule has 1 aliphatic heterocycles. The first-order valence-corrected chi connectivity index (χ1v) is 8.45. The molecule has 6 heteroatoms. The van der Waals surface area contributed by atoms with Gasteiger partial charge in [-0.05, 0) is 31.0 Å². The molecule has 0 bridgehead atoms. The van der Waals surface area contributed by atoms with Crippen molar-refractivity contribution in [3.05, 3.63) is 59.2 Å². The van der Waals surface area contributed by atoms with Crippen LogP contribution >= 0.6 is 0 Å². The van der Waals surface area contributed by atoms with Crippen LogP contribution in [0.2, 0.25) is 0 Å². The second-order valence-electron chi connectivity index (χ2n) is 6.27. The summed E-state index contributed by atoms with van der Waals surface area (Å²) in [5.74, 6) is -0.0484. The molecule has 0 radical (unpaired) electrons. The highest BCUT2D eigenvalue weighted by molar-refractivity contribution is 5.92. The maximum absolute atomic E-state index is 12.6. The van der Waals surface area contributed by atoms with E-state index in [1.165, 1.54) is 5.56 Å². The SMILES string of the molecule is Cc1cnc(C(=O)N2CCCN(Cc3ccc(C#N)cc3)CC2)cn1. The van der Waals surface area contributed by atoms with Gasteiger partial charge < -0.3 is 4.90 Å². The zero-order valence-electron chi connectivity index (χ0n) is 14.4. The molecular weight excluding hydrogens is 314 g/mol. The third-order valence-electron chi connectivity index (χ3n) is 4.37. The molecule has 1 saturated heterocycles. The average molecular weight is 335 g/mol. The molecule has 0 spiro atoms. The molecule has 0 saturated carbocycles. The number of amides is 1. The molecule has 128 valence electrons. The van der Waals surface area contributed by atoms with E-state index in [0.717, 1.165) is 38.3 Å². The molecule has 1 aromatic carbocycles. The largest absolute Gasteiger partial charge is 0.336 e. The lowest BCUT2D eigenvalue weighted by atomic mass is 10.1. The van der Waals surface area contributed by atoms with Crippen molar-refractivity contribution >= 4 is 5.91 Å². The van der Waals surface area contributed by atoms with Crippen LogP contribution in [0.25, 0.3) is 0 Å². The summed E-state index contributed by atoms with van der Waals surface area (Å²) >= 11 is 0. The summed E-state index contributed by atoms with van der Waals surface area (Å²) in [6.07, 6.45) is 4.11. The van der Waals surface area contributed by atoms with Crippen LogP contribution < -0.4 is 0 Å². The average Bonchev–Trinajstić information content (AvgIpc) is 2.88. The first kappa shape index (κ1) is 17.1. The van der Waals surface area contributed by atoms with Gasteiger partial charge in [0.2, 0.25) is 0 Å². The molecule has 25 heavy (non-hydrogen) atoms. The standard InChI is InChI=1S/C19H21N5O/c1-15-12-22-18(13-21-15)19(25)24-8-2-7-23(9-10-24)14-17-5-3-16(11-20)4-6-17/h3-6,12-13H,2,7-10,14H2,1H3. The summed E-state index contributed by atoms with van der Waals surface area (Å²) in [5.41, 5.74) is 3.07. The second-order valence-corrected chi connectivity index (χ2v) is 6.27. The van der Waals surface area contributed by atoms with Crippen molar-refractivity contribution in [1.29, 1.82) is 5.26 Å². The van der Waals surface area contributed by atoms with Gasteiger partial charge in [-0.3, -0.25) is 14.7 Å². The number of hydrogen-bond acceptors (Lipinski definition) is 5. The van der Waals surface area contributed by atoms with Crippen LogP contribution in [0.4, 0.5) is 0 Å². The lowest BCUT2D eigenvalue weighted by Gasteiger charge is -2.21. The fourth-order valence-electron chi connectivity index (χ4n) is 2.94. The van der Waals surface area contributed by atoms with E-state index in [0.29, 0.717) is 17.8 Å². The number of benzene rings is 1. The third-order valence-corrected chi connectivity index (χ3v) is 4.37. The summed E-state index contributed by atoms with van der Waals surface area (Å²) in [7, 11) is 0. The summed E-state index contributed by atoms with van der Waals surface area (Å²) in [6, 6.07) is 9.82. The Morgan fingerprint density at radius 1 is 1.12 bits per heavy atom. The smallest absolute Gasteiger partial charge is 0.274 e. The molecule has 0 aliphatic carbocycles. The van der Waals surface area contributed by atoms with Gasteiger partial charge in [0, 0.05) is 38.9 Å². The van der Waals surface area contributed by atoms with E-state index in [9.17, 15) is 4.79 Å². The van der Waals surface area contributed by atoms with Crippen LogP contribution in [-0.2, 0) is 6.54 Å². The Hall–Kier alpha value is -2.78. The predicted molar refractivity (Wildman–Crippen MR) is 93.7 cm³/mol. The lowest BCUT2D eigenvalue weighted by molar-refractivity contribution is 0.0754. The summed E-state index contributed by atoms with van der Waals surface area (Å²) in [4.78, 5) is 25.1. The van der Waals surface area contributed by atoms with E-state index in [4.69, 9.17) is 5.26 Å². The molecule has 2 aromatic rings. The monoisotopic (exact) mass is 335 g/mol. The van der Waals surface area contributed by atoms with Crippen molar-refractivity contribution < 1.29 is 4.79 Å². The highest BCUT2D eigenvalue weighted by Crippen LogP contribution is 2.12. The molecule has 1 aliphatic rings. The minimum atomic E-state index is -0.0484. The molecule has 3 rings (SSSR count). The minimum absolute atomic E-state index is 0.0484. The Labute approximate surface area is 147 Å². The van der Waals surface area contributed by atoms with Gasteiger partial charge in [0.05, 0.1) is 23.5 Å². The summed E-state index contributed by atoms with van der Waals surface area (Å²) in [6.45, 7) is 5.88.